The van der Waals surface area contributed by atoms with E-state index in [1.807, 2.05) is 32.0 Å². The van der Waals surface area contributed by atoms with Crippen molar-refractivity contribution in [2.45, 2.75) is 19.2 Å². The molecule has 1 aromatic carbocycles. The fraction of sp³-hybridized carbons (Fsp3) is 0.364. The van der Waals surface area contributed by atoms with Crippen molar-refractivity contribution >= 4 is 17.6 Å². The van der Waals surface area contributed by atoms with E-state index >= 15 is 0 Å². The monoisotopic (exact) mass is 212 g/mol. The van der Waals surface area contributed by atoms with Gasteiger partial charge in [0.1, 0.15) is 0 Å². The number of carbonyl (C=O) groups is 1. The van der Waals surface area contributed by atoms with Crippen molar-refractivity contribution in [3.8, 4) is 0 Å². The quantitative estimate of drug-likeness (QED) is 0.557. The molecule has 0 saturated carbocycles. The third-order valence-electron chi connectivity index (χ3n) is 2.33. The van der Waals surface area contributed by atoms with Crippen LogP contribution in [0.25, 0.3) is 0 Å². The largest absolute Gasteiger partial charge is 0.468 e. The highest BCUT2D eigenvalue weighted by atomic mass is 35.5. The van der Waals surface area contributed by atoms with E-state index in [-0.39, 0.29) is 0 Å². The van der Waals surface area contributed by atoms with Crippen molar-refractivity contribution in [2.24, 2.45) is 0 Å². The van der Waals surface area contributed by atoms with Gasteiger partial charge in [-0.1, -0.05) is 18.2 Å². The third-order valence-corrected chi connectivity index (χ3v) is 2.74. The smallest absolute Gasteiger partial charge is 0.328 e. The van der Waals surface area contributed by atoms with Gasteiger partial charge in [0.05, 0.1) is 7.11 Å². The SMILES string of the molecule is COC(=O)C(Cl)c1cccc(C)c1C. The Bertz CT molecular complexity index is 347. The van der Waals surface area contributed by atoms with Crippen LogP contribution in [0.3, 0.4) is 0 Å². The number of esters is 1. The van der Waals surface area contributed by atoms with E-state index in [4.69, 9.17) is 11.6 Å². The lowest BCUT2D eigenvalue weighted by Crippen LogP contribution is -2.10. The number of carbonyl (C=O) groups excluding carboxylic acids is 1. The Morgan fingerprint density at radius 1 is 1.43 bits per heavy atom. The third kappa shape index (κ3) is 2.07. The second-order valence-electron chi connectivity index (χ2n) is 3.17. The van der Waals surface area contributed by atoms with E-state index in [9.17, 15) is 4.79 Å². The Morgan fingerprint density at radius 2 is 2.07 bits per heavy atom. The summed E-state index contributed by atoms with van der Waals surface area (Å²) in [5, 5.41) is -0.708. The lowest BCUT2D eigenvalue weighted by atomic mass is 10.0. The Labute approximate surface area is 88.8 Å². The maximum Gasteiger partial charge on any atom is 0.328 e. The normalized spacial score (nSPS) is 12.3. The first kappa shape index (κ1) is 11.1. The molecule has 76 valence electrons. The van der Waals surface area contributed by atoms with E-state index in [1.54, 1.807) is 0 Å². The predicted octanol–water partition coefficient (Wildman–Crippen LogP) is 2.76. The number of alkyl halides is 1. The van der Waals surface area contributed by atoms with Gasteiger partial charge in [0.25, 0.3) is 0 Å². The predicted molar refractivity (Wildman–Crippen MR) is 56.5 cm³/mol. The first-order valence-electron chi connectivity index (χ1n) is 4.36. The Kier molecular flexibility index (Phi) is 3.53. The molecule has 0 spiro atoms. The molecule has 0 fully saturated rings. The van der Waals surface area contributed by atoms with Crippen molar-refractivity contribution in [1.82, 2.24) is 0 Å². The summed E-state index contributed by atoms with van der Waals surface area (Å²) in [6.45, 7) is 3.93. The zero-order valence-electron chi connectivity index (χ0n) is 8.50. The van der Waals surface area contributed by atoms with Crippen LogP contribution in [0.1, 0.15) is 22.1 Å². The van der Waals surface area contributed by atoms with Crippen molar-refractivity contribution < 1.29 is 9.53 Å². The van der Waals surface area contributed by atoms with Gasteiger partial charge in [-0.15, -0.1) is 11.6 Å². The summed E-state index contributed by atoms with van der Waals surface area (Å²) >= 11 is 5.96. The molecule has 14 heavy (non-hydrogen) atoms. The van der Waals surface area contributed by atoms with Crippen LogP contribution in [0.15, 0.2) is 18.2 Å². The molecule has 1 aromatic rings. The molecule has 3 heteroatoms. The molecule has 0 N–H and O–H groups in total. The van der Waals surface area contributed by atoms with Crippen LogP contribution in [0.2, 0.25) is 0 Å². The van der Waals surface area contributed by atoms with E-state index in [2.05, 4.69) is 4.74 Å². The molecule has 0 saturated heterocycles. The fourth-order valence-corrected chi connectivity index (χ4v) is 1.60. The van der Waals surface area contributed by atoms with Crippen molar-refractivity contribution in [1.29, 1.82) is 0 Å². The second kappa shape index (κ2) is 4.47. The van der Waals surface area contributed by atoms with Gasteiger partial charge in [-0.25, -0.2) is 0 Å². The fourth-order valence-electron chi connectivity index (χ4n) is 1.28. The second-order valence-corrected chi connectivity index (χ2v) is 3.61. The van der Waals surface area contributed by atoms with Gasteiger partial charge in [0.2, 0.25) is 0 Å². The topological polar surface area (TPSA) is 26.3 Å². The van der Waals surface area contributed by atoms with Crippen LogP contribution < -0.4 is 0 Å². The number of aryl methyl sites for hydroxylation is 1. The Hall–Kier alpha value is -1.02. The maximum atomic E-state index is 11.2. The molecule has 0 aromatic heterocycles. The standard InChI is InChI=1S/C11H13ClO2/c1-7-5-4-6-9(8(7)2)10(12)11(13)14-3/h4-6,10H,1-3H3. The molecule has 0 heterocycles. The Morgan fingerprint density at radius 3 is 2.64 bits per heavy atom. The number of rotatable bonds is 2. The molecular formula is C11H13ClO2. The average Bonchev–Trinajstić information content (AvgIpc) is 2.20. The lowest BCUT2D eigenvalue weighted by molar-refractivity contribution is -0.140. The molecular weight excluding hydrogens is 200 g/mol. The maximum absolute atomic E-state index is 11.2. The first-order chi connectivity index (χ1) is 6.57. The average molecular weight is 213 g/mol. The number of halogens is 1. The summed E-state index contributed by atoms with van der Waals surface area (Å²) < 4.78 is 4.59. The summed E-state index contributed by atoms with van der Waals surface area (Å²) in [4.78, 5) is 11.2. The molecule has 0 radical (unpaired) electrons. The van der Waals surface area contributed by atoms with Crippen LogP contribution in [-0.4, -0.2) is 13.1 Å². The number of methoxy groups -OCH3 is 1. The Balaban J connectivity index is 3.07. The van der Waals surface area contributed by atoms with Gasteiger partial charge < -0.3 is 4.74 Å². The molecule has 0 amide bonds. The highest BCUT2D eigenvalue weighted by molar-refractivity contribution is 6.30. The lowest BCUT2D eigenvalue weighted by Gasteiger charge is -2.12. The van der Waals surface area contributed by atoms with Crippen LogP contribution in [0, 0.1) is 13.8 Å². The summed E-state index contributed by atoms with van der Waals surface area (Å²) in [6, 6.07) is 5.71. The minimum Gasteiger partial charge on any atom is -0.468 e. The van der Waals surface area contributed by atoms with Crippen LogP contribution >= 0.6 is 11.6 Å². The van der Waals surface area contributed by atoms with Gasteiger partial charge in [0.15, 0.2) is 5.38 Å². The van der Waals surface area contributed by atoms with Crippen LogP contribution in [0.4, 0.5) is 0 Å². The van der Waals surface area contributed by atoms with Crippen molar-refractivity contribution in [3.05, 3.63) is 34.9 Å². The molecule has 1 unspecified atom stereocenters. The van der Waals surface area contributed by atoms with Gasteiger partial charge in [0, 0.05) is 0 Å². The zero-order valence-corrected chi connectivity index (χ0v) is 9.26. The molecule has 2 nitrogen and oxygen atoms in total. The molecule has 1 rings (SSSR count). The van der Waals surface area contributed by atoms with Gasteiger partial charge in [-0.05, 0) is 30.5 Å². The summed E-state index contributed by atoms with van der Waals surface area (Å²) in [5.41, 5.74) is 2.98. The van der Waals surface area contributed by atoms with Gasteiger partial charge in [-0.2, -0.15) is 0 Å². The van der Waals surface area contributed by atoms with Crippen LogP contribution in [-0.2, 0) is 9.53 Å². The highest BCUT2D eigenvalue weighted by Gasteiger charge is 2.20. The number of benzene rings is 1. The van der Waals surface area contributed by atoms with E-state index in [1.165, 1.54) is 7.11 Å². The first-order valence-corrected chi connectivity index (χ1v) is 4.79. The number of hydrogen-bond acceptors (Lipinski definition) is 2. The van der Waals surface area contributed by atoms with Crippen molar-refractivity contribution in [2.75, 3.05) is 7.11 Å². The minimum atomic E-state index is -0.708. The van der Waals surface area contributed by atoms with Crippen LogP contribution in [0.5, 0.6) is 0 Å². The summed E-state index contributed by atoms with van der Waals surface area (Å²) in [5.74, 6) is -0.416. The van der Waals surface area contributed by atoms with Gasteiger partial charge >= 0.3 is 5.97 Å². The van der Waals surface area contributed by atoms with E-state index in [0.29, 0.717) is 0 Å². The van der Waals surface area contributed by atoms with E-state index in [0.717, 1.165) is 16.7 Å². The number of hydrogen-bond donors (Lipinski definition) is 0. The molecule has 1 atom stereocenters. The molecule has 0 bridgehead atoms. The molecule has 0 aliphatic heterocycles. The summed E-state index contributed by atoms with van der Waals surface area (Å²) in [6.07, 6.45) is 0. The van der Waals surface area contributed by atoms with E-state index < -0.39 is 11.3 Å². The highest BCUT2D eigenvalue weighted by Crippen LogP contribution is 2.26. The summed E-state index contributed by atoms with van der Waals surface area (Å²) in [7, 11) is 1.34. The zero-order chi connectivity index (χ0) is 10.7. The molecule has 0 aliphatic rings. The molecule has 0 aliphatic carbocycles. The minimum absolute atomic E-state index is 0.416. The van der Waals surface area contributed by atoms with Crippen molar-refractivity contribution in [3.63, 3.8) is 0 Å². The van der Waals surface area contributed by atoms with Gasteiger partial charge in [-0.3, -0.25) is 4.79 Å². The number of ether oxygens (including phenoxy) is 1.